The van der Waals surface area contributed by atoms with Crippen LogP contribution in [0.3, 0.4) is 0 Å². The third kappa shape index (κ3) is 40.7. The average Bonchev–Trinajstić information content (AvgIpc) is 1.29. The number of methoxy groups -OCH3 is 4. The Labute approximate surface area is 761 Å². The monoisotopic (exact) mass is 2160 g/mol. The van der Waals surface area contributed by atoms with Gasteiger partial charge in [-0.25, -0.2) is 9.78 Å². The van der Waals surface area contributed by atoms with Gasteiger partial charge in [0.25, 0.3) is 0 Å². The molecule has 13 N–H and O–H groups in total. The summed E-state index contributed by atoms with van der Waals surface area (Å²) in [7, 11) is 12.0. The molecule has 0 aliphatic rings. The Balaban J connectivity index is 0. The van der Waals surface area contributed by atoms with Crippen LogP contribution in [0.15, 0.2) is 206 Å². The standard InChI is InChI=1S/3C15H17N2O2.C14H14NO3.C13H12NO2.C6H5NO2.2C5H8O2.Pt.4Rh/c3*1-16-9-11-5-6-17-15(7-11)14-4-3-13(19-2)8-12(14)10-18;1-18-12-2-3-13(11(7-12)9-17)14-6-10(8-16)4-5-15-14;15-8-10-5-6-14-13(7-10)12-4-2-1-3-11(12)9-16;8-6(9)5-3-1-2-4-7-5;2*1-4(6)3-5(2)7;;;;;/h3*3,5-8,16,18H,9-10H2,1-2H3;2,4-7,16-17H,8-9H2,1H3;1-3,5-7,15-16H,8-9H2;1-4H,(H,8,9);2*3,6H,1-2H3;;;;;/q5*-1;;;;;;;;. The fourth-order valence-corrected chi connectivity index (χ4v) is 10.1. The van der Waals surface area contributed by atoms with Crippen molar-refractivity contribution in [1.82, 2.24) is 45.9 Å². The van der Waals surface area contributed by atoms with Gasteiger partial charge in [-0.1, -0.05) is 82.9 Å². The van der Waals surface area contributed by atoms with Gasteiger partial charge < -0.3 is 111 Å². The van der Waals surface area contributed by atoms with Gasteiger partial charge in [0.2, 0.25) is 0 Å². The Morgan fingerprint density at radius 3 is 0.840 bits per heavy atom. The van der Waals surface area contributed by atoms with Gasteiger partial charge in [0, 0.05) is 224 Å². The van der Waals surface area contributed by atoms with Crippen LogP contribution in [-0.2, 0) is 174 Å². The summed E-state index contributed by atoms with van der Waals surface area (Å²) in [5.41, 5.74) is 16.5. The number of hydrogen-bond acceptors (Lipinski definition) is 25. The van der Waals surface area contributed by atoms with E-state index in [9.17, 15) is 39.9 Å². The van der Waals surface area contributed by atoms with Gasteiger partial charge in [-0.3, -0.25) is 9.59 Å². The van der Waals surface area contributed by atoms with Crippen LogP contribution in [0.5, 0.6) is 23.0 Å². The topological polar surface area (TPSA) is 404 Å². The van der Waals surface area contributed by atoms with Gasteiger partial charge in [-0.15, -0.1) is 106 Å². The molecule has 0 unspecified atom stereocenters. The van der Waals surface area contributed by atoms with Crippen molar-refractivity contribution in [3.63, 3.8) is 0 Å². The van der Waals surface area contributed by atoms with Crippen LogP contribution < -0.4 is 34.9 Å². The molecule has 648 valence electrons. The molecular weight excluding hydrogens is 2060 g/mol. The predicted molar refractivity (Wildman–Crippen MR) is 434 cm³/mol. The number of carbonyl (C=O) groups excluding carboxylic acids is 2. The third-order valence-electron chi connectivity index (χ3n) is 15.3. The minimum atomic E-state index is -0.990. The Kier molecular flexibility index (Phi) is 60.0. The minimum absolute atomic E-state index is 0. The number of carboxylic acid groups (broad SMARTS) is 1. The van der Waals surface area contributed by atoms with E-state index in [4.69, 9.17) is 44.5 Å². The van der Waals surface area contributed by atoms with Gasteiger partial charge in [0.05, 0.1) is 53.2 Å². The number of carbonyl (C=O) groups is 3. The number of aromatic carboxylic acids is 1. The molecule has 0 amide bonds. The van der Waals surface area contributed by atoms with Gasteiger partial charge >= 0.3 is 5.97 Å². The fraction of sp³-hybridized carbons (Fsp3) is 0.239. The summed E-state index contributed by atoms with van der Waals surface area (Å²) in [6, 6.07) is 58.7. The number of benzene rings is 5. The van der Waals surface area contributed by atoms with E-state index in [2.05, 4.69) is 76.2 Å². The van der Waals surface area contributed by atoms with E-state index in [1.54, 1.807) is 150 Å². The summed E-state index contributed by atoms with van der Waals surface area (Å²) in [5.74, 6) is 1.56. The van der Waals surface area contributed by atoms with Crippen molar-refractivity contribution in [1.29, 1.82) is 0 Å². The zero-order valence-corrected chi connectivity index (χ0v) is 76.0. The maximum absolute atomic E-state index is 10.1. The number of aliphatic hydroxyl groups is 9. The van der Waals surface area contributed by atoms with Crippen molar-refractivity contribution in [3.8, 4) is 79.3 Å². The summed E-state index contributed by atoms with van der Waals surface area (Å²) in [5, 5.41) is 99.5. The van der Waals surface area contributed by atoms with Gasteiger partial charge in [-0.05, 0) is 148 Å². The van der Waals surface area contributed by atoms with E-state index in [0.717, 1.165) is 115 Å². The third-order valence-corrected chi connectivity index (χ3v) is 15.3. The maximum Gasteiger partial charge on any atom is 0.354 e. The van der Waals surface area contributed by atoms with Crippen molar-refractivity contribution >= 4 is 17.5 Å². The number of rotatable bonds is 25. The van der Waals surface area contributed by atoms with Crippen molar-refractivity contribution < 1.29 is 183 Å². The predicted octanol–water partition coefficient (Wildman–Crippen LogP) is 11.2. The number of carboxylic acids is 1. The molecule has 0 saturated heterocycles. The molecule has 0 aliphatic heterocycles. The Hall–Kier alpha value is -9.13. The molecule has 26 nitrogen and oxygen atoms in total. The van der Waals surface area contributed by atoms with Crippen LogP contribution in [0.25, 0.3) is 56.3 Å². The quantitative estimate of drug-likeness (QED) is 0.0109. The van der Waals surface area contributed by atoms with Crippen LogP contribution in [0, 0.1) is 30.3 Å². The smallest absolute Gasteiger partial charge is 0.354 e. The minimum Gasteiger partial charge on any atom is -0.540 e. The molecule has 0 aliphatic carbocycles. The molecule has 31 heteroatoms. The average molecular weight is 2160 g/mol. The molecular formula is C88H98N9O17PtRh4-5. The summed E-state index contributed by atoms with van der Waals surface area (Å²) < 4.78 is 20.5. The fourth-order valence-electron chi connectivity index (χ4n) is 10.1. The molecule has 0 bridgehead atoms. The van der Waals surface area contributed by atoms with Crippen LogP contribution >= 0.6 is 0 Å². The number of pyridine rings is 6. The van der Waals surface area contributed by atoms with Gasteiger partial charge in [0.15, 0.2) is 11.6 Å². The molecule has 5 aromatic carbocycles. The van der Waals surface area contributed by atoms with Crippen molar-refractivity contribution in [3.05, 3.63) is 298 Å². The molecule has 0 atom stereocenters. The second kappa shape index (κ2) is 63.8. The first-order valence-corrected chi connectivity index (χ1v) is 35.2. The van der Waals surface area contributed by atoms with E-state index >= 15 is 0 Å². The maximum atomic E-state index is 10.1. The number of ketones is 2. The zero-order valence-electron chi connectivity index (χ0n) is 67.2. The summed E-state index contributed by atoms with van der Waals surface area (Å²) in [6.45, 7) is 7.61. The number of nitrogens with zero attached hydrogens (tertiary/aromatic N) is 6. The van der Waals surface area contributed by atoms with Crippen LogP contribution in [0.1, 0.15) is 93.8 Å². The first-order chi connectivity index (χ1) is 55.0. The summed E-state index contributed by atoms with van der Waals surface area (Å²) in [4.78, 5) is 55.2. The van der Waals surface area contributed by atoms with E-state index in [1.807, 2.05) is 69.7 Å². The van der Waals surface area contributed by atoms with E-state index < -0.39 is 5.97 Å². The molecule has 11 aromatic rings. The molecule has 0 fully saturated rings. The number of aliphatic hydroxyl groups excluding tert-OH is 9. The summed E-state index contributed by atoms with van der Waals surface area (Å²) in [6.07, 6.45) is 12.3. The Morgan fingerprint density at radius 2 is 0.630 bits per heavy atom. The number of ether oxygens (including phenoxy) is 4. The van der Waals surface area contributed by atoms with Crippen LogP contribution in [-0.4, -0.2) is 148 Å². The van der Waals surface area contributed by atoms with E-state index in [1.165, 1.54) is 52.1 Å². The number of hydrogen-bond donors (Lipinski definition) is 13. The van der Waals surface area contributed by atoms with Gasteiger partial charge in [0.1, 0.15) is 5.69 Å². The molecule has 6 aromatic heterocycles. The van der Waals surface area contributed by atoms with E-state index in [0.29, 0.717) is 39.8 Å². The second-order valence-electron chi connectivity index (χ2n) is 24.1. The van der Waals surface area contributed by atoms with E-state index in [-0.39, 0.29) is 174 Å². The van der Waals surface area contributed by atoms with Crippen LogP contribution in [0.2, 0.25) is 0 Å². The molecule has 0 saturated carbocycles. The first-order valence-electron chi connectivity index (χ1n) is 35.2. The van der Waals surface area contributed by atoms with Crippen LogP contribution in [0.4, 0.5) is 0 Å². The molecule has 0 spiro atoms. The Bertz CT molecular complexity index is 4570. The number of aromatic nitrogens is 6. The van der Waals surface area contributed by atoms with Crippen molar-refractivity contribution in [2.24, 2.45) is 0 Å². The summed E-state index contributed by atoms with van der Waals surface area (Å²) >= 11 is 0. The molecule has 119 heavy (non-hydrogen) atoms. The van der Waals surface area contributed by atoms with Crippen molar-refractivity contribution in [2.75, 3.05) is 49.6 Å². The zero-order chi connectivity index (χ0) is 83.7. The molecule has 11 rings (SSSR count). The largest absolute Gasteiger partial charge is 0.540 e. The van der Waals surface area contributed by atoms with Crippen molar-refractivity contribution in [2.45, 2.75) is 93.6 Å². The normalized spacial score (nSPS) is 10.0. The molecule has 4 radical (unpaired) electrons. The van der Waals surface area contributed by atoms with Gasteiger partial charge in [-0.2, -0.15) is 0 Å². The number of nitrogens with one attached hydrogen (secondary N) is 3. The first kappa shape index (κ1) is 112. The Morgan fingerprint density at radius 1 is 0.353 bits per heavy atom. The second-order valence-corrected chi connectivity index (χ2v) is 24.1. The SMILES string of the molecule is CC(=O)C=C(C)O.CC(=O)C=C(C)O.CNCc1ccnc(-c2[c-]cc(OC)cc2CO)c1.CNCc1ccnc(-c2[c-]cc(OC)cc2CO)c1.CNCc1ccnc(-c2[c-]cc(OC)cc2CO)c1.COc1c[c-]c(-c2cc(CO)ccn2)c(CO)c1.O=C(O)c1ccccn1.OCc1ccnc(-c2[c-]cccc2CO)c1.[Pt].[Rh].[Rh].[Rh].[Rh]. The molecule has 6 heterocycles. The number of allylic oxidation sites excluding steroid dienone is 4.